The van der Waals surface area contributed by atoms with Crippen molar-refractivity contribution in [2.24, 2.45) is 11.7 Å². The topological polar surface area (TPSA) is 85.8 Å². The average molecular weight is 360 g/mol. The zero-order chi connectivity index (χ0) is 18.2. The number of carbonyl (C=O) groups excluding carboxylic acids is 1. The quantitative estimate of drug-likeness (QED) is 0.817. The minimum Gasteiger partial charge on any atom is -0.368 e. The SMILES string of the molecule is C[C@@](NC1CCCCC1)(c1cn(C2(C(N)=O)CC2)nn1)C1CCCCC1. The molecule has 1 amide bonds. The molecular weight excluding hydrogens is 326 g/mol. The second-order valence-electron chi connectivity index (χ2n) is 8.96. The van der Waals surface area contributed by atoms with Gasteiger partial charge in [-0.15, -0.1) is 5.10 Å². The molecule has 0 aliphatic heterocycles. The van der Waals surface area contributed by atoms with E-state index < -0.39 is 5.54 Å². The lowest BCUT2D eigenvalue weighted by molar-refractivity contribution is -0.122. The standard InChI is InChI=1S/C20H33N5O/c1-19(15-8-4-2-5-9-15,22-16-10-6-3-7-11-16)17-14-25(24-23-17)20(12-13-20)18(21)26/h14-16,22H,2-13H2,1H3,(H2,21,26)/t19-/m0/s1. The highest BCUT2D eigenvalue weighted by Gasteiger charge is 2.52. The van der Waals surface area contributed by atoms with Crippen LogP contribution >= 0.6 is 0 Å². The number of nitrogens with two attached hydrogens (primary N) is 1. The molecule has 144 valence electrons. The van der Waals surface area contributed by atoms with Crippen LogP contribution in [0.3, 0.4) is 0 Å². The molecule has 1 aromatic heterocycles. The molecule has 0 saturated heterocycles. The van der Waals surface area contributed by atoms with Crippen LogP contribution in [0.25, 0.3) is 0 Å². The smallest absolute Gasteiger partial charge is 0.245 e. The first-order valence-electron chi connectivity index (χ1n) is 10.6. The summed E-state index contributed by atoms with van der Waals surface area (Å²) in [7, 11) is 0. The van der Waals surface area contributed by atoms with Crippen molar-refractivity contribution in [3.63, 3.8) is 0 Å². The van der Waals surface area contributed by atoms with E-state index in [4.69, 9.17) is 5.73 Å². The summed E-state index contributed by atoms with van der Waals surface area (Å²) >= 11 is 0. The van der Waals surface area contributed by atoms with Crippen molar-refractivity contribution in [3.8, 4) is 0 Å². The van der Waals surface area contributed by atoms with E-state index in [9.17, 15) is 4.79 Å². The molecule has 3 aliphatic rings. The third-order valence-electron chi connectivity index (χ3n) is 7.18. The van der Waals surface area contributed by atoms with Crippen molar-refractivity contribution >= 4 is 5.91 Å². The first kappa shape index (κ1) is 18.0. The summed E-state index contributed by atoms with van der Waals surface area (Å²) in [6.45, 7) is 2.32. The van der Waals surface area contributed by atoms with Crippen LogP contribution in [0, 0.1) is 5.92 Å². The van der Waals surface area contributed by atoms with Crippen molar-refractivity contribution in [2.75, 3.05) is 0 Å². The summed E-state index contributed by atoms with van der Waals surface area (Å²) in [4.78, 5) is 11.9. The summed E-state index contributed by atoms with van der Waals surface area (Å²) in [5.41, 5.74) is 5.83. The van der Waals surface area contributed by atoms with Crippen LogP contribution in [0.5, 0.6) is 0 Å². The number of nitrogens with zero attached hydrogens (tertiary/aromatic N) is 3. The van der Waals surface area contributed by atoms with Gasteiger partial charge in [0.05, 0.1) is 11.7 Å². The molecule has 3 N–H and O–H groups in total. The van der Waals surface area contributed by atoms with Crippen LogP contribution in [-0.4, -0.2) is 26.9 Å². The van der Waals surface area contributed by atoms with Crippen LogP contribution in [0.4, 0.5) is 0 Å². The largest absolute Gasteiger partial charge is 0.368 e. The van der Waals surface area contributed by atoms with Crippen LogP contribution in [0.1, 0.15) is 89.7 Å². The fourth-order valence-corrected chi connectivity index (χ4v) is 5.17. The maximum absolute atomic E-state index is 11.9. The molecule has 3 fully saturated rings. The van der Waals surface area contributed by atoms with Gasteiger partial charge in [-0.05, 0) is 51.4 Å². The lowest BCUT2D eigenvalue weighted by atomic mass is 9.73. The predicted molar refractivity (Wildman–Crippen MR) is 100 cm³/mol. The number of hydrogen-bond donors (Lipinski definition) is 2. The van der Waals surface area contributed by atoms with Gasteiger partial charge in [0.15, 0.2) is 0 Å². The van der Waals surface area contributed by atoms with E-state index in [2.05, 4.69) is 22.6 Å². The third kappa shape index (κ3) is 3.17. The Kier molecular flexibility index (Phi) is 4.80. The van der Waals surface area contributed by atoms with E-state index in [0.29, 0.717) is 12.0 Å². The number of nitrogens with one attached hydrogen (secondary N) is 1. The van der Waals surface area contributed by atoms with Crippen LogP contribution in [-0.2, 0) is 15.9 Å². The van der Waals surface area contributed by atoms with Crippen molar-refractivity contribution in [1.29, 1.82) is 0 Å². The Balaban J connectivity index is 1.61. The Labute approximate surface area is 156 Å². The van der Waals surface area contributed by atoms with E-state index >= 15 is 0 Å². The molecule has 1 atom stereocenters. The van der Waals surface area contributed by atoms with E-state index in [1.165, 1.54) is 64.2 Å². The number of rotatable bonds is 6. The Bertz CT molecular complexity index is 640. The van der Waals surface area contributed by atoms with Crippen LogP contribution in [0.2, 0.25) is 0 Å². The molecule has 0 unspecified atom stereocenters. The summed E-state index contributed by atoms with van der Waals surface area (Å²) < 4.78 is 1.74. The van der Waals surface area contributed by atoms with Gasteiger partial charge in [-0.1, -0.05) is 43.7 Å². The normalized spacial score (nSPS) is 26.3. The highest BCUT2D eigenvalue weighted by molar-refractivity contribution is 5.85. The molecule has 6 nitrogen and oxygen atoms in total. The molecule has 4 rings (SSSR count). The zero-order valence-corrected chi connectivity index (χ0v) is 16.0. The van der Waals surface area contributed by atoms with Crippen LogP contribution in [0.15, 0.2) is 6.20 Å². The first-order chi connectivity index (χ1) is 12.5. The van der Waals surface area contributed by atoms with Crippen molar-refractivity contribution < 1.29 is 4.79 Å². The van der Waals surface area contributed by atoms with E-state index in [1.54, 1.807) is 4.68 Å². The van der Waals surface area contributed by atoms with Crippen molar-refractivity contribution in [3.05, 3.63) is 11.9 Å². The summed E-state index contributed by atoms with van der Waals surface area (Å²) in [5.74, 6) is 0.292. The molecule has 3 aliphatic carbocycles. The highest BCUT2D eigenvalue weighted by atomic mass is 16.2. The first-order valence-corrected chi connectivity index (χ1v) is 10.6. The number of amides is 1. The maximum atomic E-state index is 11.9. The number of hydrogen-bond acceptors (Lipinski definition) is 4. The zero-order valence-electron chi connectivity index (χ0n) is 16.0. The monoisotopic (exact) mass is 359 g/mol. The molecule has 6 heteroatoms. The van der Waals surface area contributed by atoms with Gasteiger partial charge >= 0.3 is 0 Å². The predicted octanol–water partition coefficient (Wildman–Crippen LogP) is 2.97. The van der Waals surface area contributed by atoms with Crippen LogP contribution < -0.4 is 11.1 Å². The lowest BCUT2D eigenvalue weighted by Gasteiger charge is -2.42. The van der Waals surface area contributed by atoms with Gasteiger partial charge in [0, 0.05) is 6.04 Å². The number of carbonyl (C=O) groups is 1. The molecular formula is C20H33N5O. The molecule has 0 aromatic carbocycles. The fraction of sp³-hybridized carbons (Fsp3) is 0.850. The lowest BCUT2D eigenvalue weighted by Crippen LogP contribution is -2.52. The number of primary amides is 1. The van der Waals surface area contributed by atoms with Gasteiger partial charge < -0.3 is 11.1 Å². The van der Waals surface area contributed by atoms with Gasteiger partial charge in [-0.2, -0.15) is 0 Å². The molecule has 1 heterocycles. The Hall–Kier alpha value is -1.43. The second kappa shape index (κ2) is 6.95. The molecule has 0 spiro atoms. The van der Waals surface area contributed by atoms with E-state index in [1.807, 2.05) is 6.20 Å². The molecule has 3 saturated carbocycles. The number of aromatic nitrogens is 3. The fourth-order valence-electron chi connectivity index (χ4n) is 5.17. The maximum Gasteiger partial charge on any atom is 0.245 e. The van der Waals surface area contributed by atoms with E-state index in [0.717, 1.165) is 18.5 Å². The molecule has 26 heavy (non-hydrogen) atoms. The average Bonchev–Trinajstić information content (AvgIpc) is 3.33. The Morgan fingerprint density at radius 1 is 1.15 bits per heavy atom. The second-order valence-corrected chi connectivity index (χ2v) is 8.96. The third-order valence-corrected chi connectivity index (χ3v) is 7.18. The van der Waals surface area contributed by atoms with Gasteiger partial charge in [-0.25, -0.2) is 4.68 Å². The van der Waals surface area contributed by atoms with Gasteiger partial charge in [-0.3, -0.25) is 4.79 Å². The van der Waals surface area contributed by atoms with Gasteiger partial charge in [0.2, 0.25) is 5.91 Å². The van der Waals surface area contributed by atoms with Gasteiger partial charge in [0.1, 0.15) is 11.2 Å². The molecule has 0 bridgehead atoms. The Morgan fingerprint density at radius 3 is 2.35 bits per heavy atom. The molecule has 0 radical (unpaired) electrons. The van der Waals surface area contributed by atoms with Gasteiger partial charge in [0.25, 0.3) is 0 Å². The summed E-state index contributed by atoms with van der Waals surface area (Å²) in [5, 5.41) is 12.9. The summed E-state index contributed by atoms with van der Waals surface area (Å²) in [6, 6.07) is 0.562. The summed E-state index contributed by atoms with van der Waals surface area (Å²) in [6.07, 6.45) is 16.5. The molecule has 1 aromatic rings. The minimum atomic E-state index is -0.621. The van der Waals surface area contributed by atoms with Crippen molar-refractivity contribution in [2.45, 2.75) is 101 Å². The minimum absolute atomic E-state index is 0.172. The Morgan fingerprint density at radius 2 is 1.77 bits per heavy atom. The van der Waals surface area contributed by atoms with E-state index in [-0.39, 0.29) is 11.4 Å². The highest BCUT2D eigenvalue weighted by Crippen LogP contribution is 2.44. The van der Waals surface area contributed by atoms with Crippen molar-refractivity contribution in [1.82, 2.24) is 20.3 Å².